The standard InChI is InChI=1S/C7H9N3O3/c8-6(11)4-13-7(12)10-3-1-2-9-5-10/h1-3H,4-5H2,(H2,8,11). The van der Waals surface area contributed by atoms with Crippen LogP contribution in [0, 0.1) is 0 Å². The van der Waals surface area contributed by atoms with Crippen LogP contribution in [0.1, 0.15) is 0 Å². The van der Waals surface area contributed by atoms with Crippen molar-refractivity contribution in [3.63, 3.8) is 0 Å². The second kappa shape index (κ2) is 4.24. The summed E-state index contributed by atoms with van der Waals surface area (Å²) in [6.07, 6.45) is 4.04. The third kappa shape index (κ3) is 2.94. The molecular formula is C7H9N3O3. The molecule has 0 atom stereocenters. The average molecular weight is 183 g/mol. The Morgan fingerprint density at radius 3 is 2.92 bits per heavy atom. The number of nitrogens with zero attached hydrogens (tertiary/aromatic N) is 2. The highest BCUT2D eigenvalue weighted by molar-refractivity contribution is 5.80. The summed E-state index contributed by atoms with van der Waals surface area (Å²) in [5.41, 5.74) is 4.79. The largest absolute Gasteiger partial charge is 0.439 e. The summed E-state index contributed by atoms with van der Waals surface area (Å²) in [7, 11) is 0. The first-order valence-electron chi connectivity index (χ1n) is 3.58. The molecule has 0 unspecified atom stereocenters. The first-order valence-corrected chi connectivity index (χ1v) is 3.58. The van der Waals surface area contributed by atoms with E-state index in [1.165, 1.54) is 11.1 Å². The molecule has 2 N–H and O–H groups in total. The smallest absolute Gasteiger partial charge is 0.415 e. The summed E-state index contributed by atoms with van der Waals surface area (Å²) in [5.74, 6) is -0.683. The van der Waals surface area contributed by atoms with Crippen molar-refractivity contribution in [1.82, 2.24) is 4.90 Å². The molecule has 1 heterocycles. The molecule has 0 aromatic heterocycles. The van der Waals surface area contributed by atoms with Crippen molar-refractivity contribution in [3.8, 4) is 0 Å². The molecule has 1 rings (SSSR count). The molecule has 0 spiro atoms. The van der Waals surface area contributed by atoms with E-state index in [-0.39, 0.29) is 6.67 Å². The minimum Gasteiger partial charge on any atom is -0.439 e. The van der Waals surface area contributed by atoms with Crippen molar-refractivity contribution in [2.45, 2.75) is 0 Å². The number of rotatable bonds is 2. The van der Waals surface area contributed by atoms with Crippen LogP contribution < -0.4 is 5.73 Å². The first-order chi connectivity index (χ1) is 6.20. The predicted octanol–water partition coefficient (Wildman–Crippen LogP) is -0.534. The maximum absolute atomic E-state index is 11.1. The van der Waals surface area contributed by atoms with Crippen LogP contribution >= 0.6 is 0 Å². The number of carbonyl (C=O) groups excluding carboxylic acids is 2. The van der Waals surface area contributed by atoms with Gasteiger partial charge in [-0.3, -0.25) is 14.7 Å². The summed E-state index contributed by atoms with van der Waals surface area (Å²) < 4.78 is 4.53. The van der Waals surface area contributed by atoms with Crippen LogP contribution in [0.3, 0.4) is 0 Å². The number of aliphatic imine (C=N–C) groups is 1. The van der Waals surface area contributed by atoms with E-state index in [1.807, 2.05) is 0 Å². The molecule has 13 heavy (non-hydrogen) atoms. The van der Waals surface area contributed by atoms with Gasteiger partial charge in [0.05, 0.1) is 0 Å². The van der Waals surface area contributed by atoms with Gasteiger partial charge in [0.2, 0.25) is 0 Å². The van der Waals surface area contributed by atoms with E-state index in [0.717, 1.165) is 0 Å². The number of amides is 2. The van der Waals surface area contributed by atoms with E-state index in [4.69, 9.17) is 5.73 Å². The van der Waals surface area contributed by atoms with E-state index >= 15 is 0 Å². The fraction of sp³-hybridized carbons (Fsp3) is 0.286. The van der Waals surface area contributed by atoms with Crippen molar-refractivity contribution in [1.29, 1.82) is 0 Å². The summed E-state index contributed by atoms with van der Waals surface area (Å²) in [4.78, 5) is 26.4. The molecule has 0 radical (unpaired) electrons. The average Bonchev–Trinajstić information content (AvgIpc) is 2.15. The van der Waals surface area contributed by atoms with Crippen molar-refractivity contribution >= 4 is 18.2 Å². The van der Waals surface area contributed by atoms with Crippen molar-refractivity contribution in [3.05, 3.63) is 12.3 Å². The molecule has 0 aromatic rings. The maximum atomic E-state index is 11.1. The van der Waals surface area contributed by atoms with E-state index in [1.54, 1.807) is 12.3 Å². The lowest BCUT2D eigenvalue weighted by Crippen LogP contribution is -2.31. The van der Waals surface area contributed by atoms with Gasteiger partial charge in [-0.05, 0) is 6.08 Å². The minimum atomic E-state index is -0.683. The van der Waals surface area contributed by atoms with E-state index in [0.29, 0.717) is 0 Å². The topological polar surface area (TPSA) is 85.0 Å². The van der Waals surface area contributed by atoms with Crippen LogP contribution in [0.15, 0.2) is 17.3 Å². The molecule has 0 saturated carbocycles. The second-order valence-corrected chi connectivity index (χ2v) is 2.31. The fourth-order valence-electron chi connectivity index (χ4n) is 0.720. The highest BCUT2D eigenvalue weighted by atomic mass is 16.6. The van der Waals surface area contributed by atoms with Crippen LogP contribution in [0.5, 0.6) is 0 Å². The lowest BCUT2D eigenvalue weighted by Gasteiger charge is -2.16. The Balaban J connectivity index is 2.35. The monoisotopic (exact) mass is 183 g/mol. The zero-order chi connectivity index (χ0) is 9.68. The van der Waals surface area contributed by atoms with Gasteiger partial charge in [-0.25, -0.2) is 4.79 Å². The molecule has 0 bridgehead atoms. The Morgan fingerprint density at radius 1 is 1.62 bits per heavy atom. The van der Waals surface area contributed by atoms with Crippen LogP contribution in [0.4, 0.5) is 4.79 Å². The number of carbonyl (C=O) groups is 2. The number of allylic oxidation sites excluding steroid dienone is 1. The van der Waals surface area contributed by atoms with Crippen LogP contribution in [-0.4, -0.2) is 36.4 Å². The molecular weight excluding hydrogens is 174 g/mol. The highest BCUT2D eigenvalue weighted by Gasteiger charge is 2.13. The Morgan fingerprint density at radius 2 is 2.38 bits per heavy atom. The van der Waals surface area contributed by atoms with Crippen LogP contribution in [0.25, 0.3) is 0 Å². The van der Waals surface area contributed by atoms with Crippen molar-refractivity contribution < 1.29 is 14.3 Å². The van der Waals surface area contributed by atoms with Gasteiger partial charge in [-0.1, -0.05) is 0 Å². The van der Waals surface area contributed by atoms with Gasteiger partial charge < -0.3 is 10.5 Å². The number of hydrogen-bond acceptors (Lipinski definition) is 4. The molecule has 0 fully saturated rings. The van der Waals surface area contributed by atoms with Crippen molar-refractivity contribution in [2.75, 3.05) is 13.3 Å². The Kier molecular flexibility index (Phi) is 3.02. The Hall–Kier alpha value is -1.85. The number of primary amides is 1. The molecule has 1 aliphatic rings. The fourth-order valence-corrected chi connectivity index (χ4v) is 0.720. The molecule has 1 aliphatic heterocycles. The third-order valence-electron chi connectivity index (χ3n) is 1.26. The van der Waals surface area contributed by atoms with E-state index < -0.39 is 18.6 Å². The normalized spacial score (nSPS) is 14.3. The molecule has 70 valence electrons. The highest BCUT2D eigenvalue weighted by Crippen LogP contribution is 1.98. The van der Waals surface area contributed by atoms with Crippen LogP contribution in [0.2, 0.25) is 0 Å². The second-order valence-electron chi connectivity index (χ2n) is 2.31. The summed E-state index contributed by atoms with van der Waals surface area (Å²) in [5, 5.41) is 0. The molecule has 6 nitrogen and oxygen atoms in total. The van der Waals surface area contributed by atoms with Gasteiger partial charge in [0.15, 0.2) is 6.61 Å². The minimum absolute atomic E-state index is 0.202. The van der Waals surface area contributed by atoms with E-state index in [9.17, 15) is 9.59 Å². The van der Waals surface area contributed by atoms with Crippen LogP contribution in [-0.2, 0) is 9.53 Å². The molecule has 0 aliphatic carbocycles. The SMILES string of the molecule is NC(=O)COC(=O)N1C=CC=NC1. The van der Waals surface area contributed by atoms with Gasteiger partial charge in [-0.2, -0.15) is 0 Å². The molecule has 6 heteroatoms. The zero-order valence-electron chi connectivity index (χ0n) is 6.84. The van der Waals surface area contributed by atoms with Gasteiger partial charge in [-0.15, -0.1) is 0 Å². The van der Waals surface area contributed by atoms with Gasteiger partial charge >= 0.3 is 6.09 Å². The number of nitrogens with two attached hydrogens (primary N) is 1. The zero-order valence-corrected chi connectivity index (χ0v) is 6.84. The quantitative estimate of drug-likeness (QED) is 0.624. The van der Waals surface area contributed by atoms with Gasteiger partial charge in [0.1, 0.15) is 6.67 Å². The predicted molar refractivity (Wildman–Crippen MR) is 44.9 cm³/mol. The Labute approximate surface area is 74.7 Å². The number of ether oxygens (including phenoxy) is 1. The third-order valence-corrected chi connectivity index (χ3v) is 1.26. The first kappa shape index (κ1) is 9.24. The lowest BCUT2D eigenvalue weighted by molar-refractivity contribution is -0.121. The van der Waals surface area contributed by atoms with Crippen molar-refractivity contribution in [2.24, 2.45) is 10.7 Å². The lowest BCUT2D eigenvalue weighted by atomic mass is 10.5. The summed E-state index contributed by atoms with van der Waals surface area (Å²) in [6.45, 7) is -0.207. The van der Waals surface area contributed by atoms with Gasteiger partial charge in [0, 0.05) is 12.4 Å². The number of hydrogen-bond donors (Lipinski definition) is 1. The Bertz CT molecular complexity index is 272. The molecule has 2 amide bonds. The summed E-state index contributed by atoms with van der Waals surface area (Å²) in [6, 6.07) is 0. The maximum Gasteiger partial charge on any atom is 0.415 e. The molecule has 0 aromatic carbocycles. The van der Waals surface area contributed by atoms with Gasteiger partial charge in [0.25, 0.3) is 5.91 Å². The summed E-state index contributed by atoms with van der Waals surface area (Å²) >= 11 is 0. The van der Waals surface area contributed by atoms with E-state index in [2.05, 4.69) is 9.73 Å². The molecule has 0 saturated heterocycles.